The second-order valence-electron chi connectivity index (χ2n) is 5.01. The van der Waals surface area contributed by atoms with E-state index >= 15 is 0 Å². The standard InChI is InChI=1S/C17H14N3O2/c1-10-4-6-19-14(9-21)15(10)12-3-2-11-5-7-20-16(17(18)22)13(11)8-12/h2-6,8,21H,9H2,1H3,(H2,18,22). The van der Waals surface area contributed by atoms with Crippen molar-refractivity contribution in [2.45, 2.75) is 13.5 Å². The number of aliphatic hydroxyl groups is 1. The molecule has 3 N–H and O–H groups in total. The molecule has 1 amide bonds. The minimum absolute atomic E-state index is 0.154. The summed E-state index contributed by atoms with van der Waals surface area (Å²) in [6, 6.07) is 9.23. The number of aliphatic hydroxyl groups excluding tert-OH is 1. The largest absolute Gasteiger partial charge is 0.390 e. The Bertz CT molecular complexity index is 875. The van der Waals surface area contributed by atoms with Crippen molar-refractivity contribution in [3.8, 4) is 11.1 Å². The van der Waals surface area contributed by atoms with E-state index in [0.717, 1.165) is 22.1 Å². The van der Waals surface area contributed by atoms with Crippen LogP contribution in [-0.4, -0.2) is 21.0 Å². The van der Waals surface area contributed by atoms with Gasteiger partial charge in [0.2, 0.25) is 0 Å². The van der Waals surface area contributed by atoms with Gasteiger partial charge in [-0.25, -0.2) is 4.98 Å². The maximum Gasteiger partial charge on any atom is 0.267 e. The number of rotatable bonds is 3. The molecule has 0 aliphatic carbocycles. The summed E-state index contributed by atoms with van der Waals surface area (Å²) in [4.78, 5) is 19.7. The molecule has 109 valence electrons. The first kappa shape index (κ1) is 14.2. The summed E-state index contributed by atoms with van der Waals surface area (Å²) in [5.74, 6) is -0.593. The first-order chi connectivity index (χ1) is 10.6. The van der Waals surface area contributed by atoms with E-state index in [-0.39, 0.29) is 12.3 Å². The number of nitrogens with zero attached hydrogens (tertiary/aromatic N) is 2. The minimum Gasteiger partial charge on any atom is -0.390 e. The molecule has 5 nitrogen and oxygen atoms in total. The third-order valence-electron chi connectivity index (χ3n) is 3.61. The summed E-state index contributed by atoms with van der Waals surface area (Å²) in [7, 11) is 0. The third-order valence-corrected chi connectivity index (χ3v) is 3.61. The van der Waals surface area contributed by atoms with Crippen molar-refractivity contribution in [2.24, 2.45) is 5.73 Å². The highest BCUT2D eigenvalue weighted by Crippen LogP contribution is 2.30. The Balaban J connectivity index is 2.30. The molecule has 3 rings (SSSR count). The molecule has 22 heavy (non-hydrogen) atoms. The molecule has 5 heteroatoms. The number of hydrogen-bond acceptors (Lipinski definition) is 4. The molecule has 2 aromatic heterocycles. The van der Waals surface area contributed by atoms with Gasteiger partial charge in [-0.3, -0.25) is 9.78 Å². The second kappa shape index (κ2) is 5.54. The molecule has 0 unspecified atom stereocenters. The Kier molecular flexibility index (Phi) is 3.56. The molecule has 0 saturated carbocycles. The van der Waals surface area contributed by atoms with Crippen molar-refractivity contribution in [3.63, 3.8) is 0 Å². The number of pyridine rings is 2. The van der Waals surface area contributed by atoms with E-state index in [2.05, 4.69) is 16.2 Å². The number of aromatic nitrogens is 2. The zero-order valence-electron chi connectivity index (χ0n) is 12.0. The van der Waals surface area contributed by atoms with E-state index in [1.54, 1.807) is 12.3 Å². The molecule has 0 spiro atoms. The predicted molar refractivity (Wildman–Crippen MR) is 83.0 cm³/mol. The summed E-state index contributed by atoms with van der Waals surface area (Å²) >= 11 is 0. The Labute approximate surface area is 127 Å². The van der Waals surface area contributed by atoms with Crippen molar-refractivity contribution >= 4 is 16.7 Å². The fourth-order valence-corrected chi connectivity index (χ4v) is 2.59. The van der Waals surface area contributed by atoms with Gasteiger partial charge in [0.1, 0.15) is 5.69 Å². The van der Waals surface area contributed by atoms with Crippen LogP contribution in [0.15, 0.2) is 36.5 Å². The molecule has 1 aromatic carbocycles. The molecule has 0 fully saturated rings. The molecule has 1 radical (unpaired) electrons. The van der Waals surface area contributed by atoms with Crippen LogP contribution >= 0.6 is 0 Å². The quantitative estimate of drug-likeness (QED) is 0.772. The zero-order chi connectivity index (χ0) is 15.7. The van der Waals surface area contributed by atoms with Gasteiger partial charge in [0.05, 0.1) is 18.5 Å². The van der Waals surface area contributed by atoms with Gasteiger partial charge < -0.3 is 10.8 Å². The number of nitrogens with two attached hydrogens (primary N) is 1. The lowest BCUT2D eigenvalue weighted by atomic mass is 9.96. The van der Waals surface area contributed by atoms with Gasteiger partial charge in [-0.05, 0) is 41.6 Å². The van der Waals surface area contributed by atoms with Gasteiger partial charge in [0.25, 0.3) is 5.91 Å². The fraction of sp³-hybridized carbons (Fsp3) is 0.118. The van der Waals surface area contributed by atoms with Gasteiger partial charge in [0.15, 0.2) is 0 Å². The summed E-state index contributed by atoms with van der Waals surface area (Å²) in [5, 5.41) is 11.0. The smallest absolute Gasteiger partial charge is 0.267 e. The van der Waals surface area contributed by atoms with Crippen LogP contribution in [0.1, 0.15) is 21.7 Å². The average molecular weight is 292 g/mol. The van der Waals surface area contributed by atoms with Crippen LogP contribution < -0.4 is 5.73 Å². The molecule has 0 aliphatic heterocycles. The van der Waals surface area contributed by atoms with Crippen molar-refractivity contribution in [1.29, 1.82) is 0 Å². The van der Waals surface area contributed by atoms with Gasteiger partial charge in [0, 0.05) is 17.1 Å². The molecule has 0 bridgehead atoms. The van der Waals surface area contributed by atoms with Crippen molar-refractivity contribution < 1.29 is 9.90 Å². The maximum atomic E-state index is 11.5. The first-order valence-corrected chi connectivity index (χ1v) is 6.78. The monoisotopic (exact) mass is 292 g/mol. The average Bonchev–Trinajstić information content (AvgIpc) is 2.53. The fourth-order valence-electron chi connectivity index (χ4n) is 2.59. The van der Waals surface area contributed by atoms with Gasteiger partial charge in [-0.1, -0.05) is 12.1 Å². The van der Waals surface area contributed by atoms with Crippen LogP contribution in [0.4, 0.5) is 0 Å². The highest BCUT2D eigenvalue weighted by molar-refractivity contribution is 6.05. The van der Waals surface area contributed by atoms with Crippen LogP contribution in [0.5, 0.6) is 0 Å². The number of benzene rings is 1. The zero-order valence-corrected chi connectivity index (χ0v) is 12.0. The molecule has 2 heterocycles. The molecular weight excluding hydrogens is 278 g/mol. The van der Waals surface area contributed by atoms with Gasteiger partial charge >= 0.3 is 0 Å². The van der Waals surface area contributed by atoms with Crippen molar-refractivity contribution in [3.05, 3.63) is 59.7 Å². The predicted octanol–water partition coefficient (Wildman–Crippen LogP) is 2.00. The highest BCUT2D eigenvalue weighted by atomic mass is 16.3. The molecule has 0 saturated heterocycles. The topological polar surface area (TPSA) is 89.1 Å². The Morgan fingerprint density at radius 3 is 2.91 bits per heavy atom. The lowest BCUT2D eigenvalue weighted by Gasteiger charge is -2.12. The third kappa shape index (κ3) is 2.31. The Morgan fingerprint density at radius 2 is 2.18 bits per heavy atom. The summed E-state index contributed by atoms with van der Waals surface area (Å²) in [6.45, 7) is 1.80. The summed E-state index contributed by atoms with van der Waals surface area (Å²) in [5.41, 5.74) is 8.87. The van der Waals surface area contributed by atoms with E-state index in [4.69, 9.17) is 5.73 Å². The van der Waals surface area contributed by atoms with E-state index in [0.29, 0.717) is 11.1 Å². The number of amides is 1. The van der Waals surface area contributed by atoms with Crippen LogP contribution in [0.3, 0.4) is 0 Å². The molecular formula is C17H14N3O2. The molecule has 0 atom stereocenters. The number of fused-ring (bicyclic) bond motifs is 1. The number of primary amides is 1. The number of carbonyl (C=O) groups is 1. The Morgan fingerprint density at radius 1 is 1.36 bits per heavy atom. The first-order valence-electron chi connectivity index (χ1n) is 6.78. The lowest BCUT2D eigenvalue weighted by Crippen LogP contribution is -2.13. The molecule has 3 aromatic rings. The number of hydrogen-bond donors (Lipinski definition) is 2. The van der Waals surface area contributed by atoms with E-state index < -0.39 is 5.91 Å². The minimum atomic E-state index is -0.593. The highest BCUT2D eigenvalue weighted by Gasteiger charge is 2.13. The number of carbonyl (C=O) groups excluding carboxylic acids is 1. The maximum absolute atomic E-state index is 11.5. The van der Waals surface area contributed by atoms with E-state index in [9.17, 15) is 9.90 Å². The van der Waals surface area contributed by atoms with Gasteiger partial charge in [-0.15, -0.1) is 0 Å². The van der Waals surface area contributed by atoms with Crippen LogP contribution in [0.2, 0.25) is 0 Å². The van der Waals surface area contributed by atoms with Crippen molar-refractivity contribution in [1.82, 2.24) is 9.97 Å². The van der Waals surface area contributed by atoms with Crippen LogP contribution in [0, 0.1) is 13.1 Å². The normalized spacial score (nSPS) is 10.8. The molecule has 0 aliphatic rings. The lowest BCUT2D eigenvalue weighted by molar-refractivity contribution is 0.0997. The van der Waals surface area contributed by atoms with Crippen molar-refractivity contribution in [2.75, 3.05) is 0 Å². The van der Waals surface area contributed by atoms with Gasteiger partial charge in [-0.2, -0.15) is 0 Å². The van der Waals surface area contributed by atoms with E-state index in [1.165, 1.54) is 0 Å². The summed E-state index contributed by atoms with van der Waals surface area (Å²) < 4.78 is 0. The summed E-state index contributed by atoms with van der Waals surface area (Å²) in [6.07, 6.45) is 4.34. The van der Waals surface area contributed by atoms with E-state index in [1.807, 2.05) is 31.2 Å². The number of aryl methyl sites for hydroxylation is 1. The Hall–Kier alpha value is -2.79. The van der Waals surface area contributed by atoms with Crippen LogP contribution in [0.25, 0.3) is 21.9 Å². The SMILES string of the molecule is Cc1ccnc(CO)c1-c1ccc2c[c]nc(C(N)=O)c2c1. The van der Waals surface area contributed by atoms with Crippen LogP contribution in [-0.2, 0) is 6.61 Å². The second-order valence-corrected chi connectivity index (χ2v) is 5.01.